The van der Waals surface area contributed by atoms with E-state index in [1.807, 2.05) is 17.0 Å². The number of morpholine rings is 1. The van der Waals surface area contributed by atoms with E-state index in [-0.39, 0.29) is 17.6 Å². The van der Waals surface area contributed by atoms with Gasteiger partial charge in [-0.3, -0.25) is 9.88 Å². The number of hydrogen-bond acceptors (Lipinski definition) is 4. The molecular formula is C18H28N4O2. The van der Waals surface area contributed by atoms with Crippen LogP contribution in [0.3, 0.4) is 0 Å². The van der Waals surface area contributed by atoms with Crippen molar-refractivity contribution < 1.29 is 9.53 Å². The number of fused-ring (bicyclic) bond motifs is 1. The van der Waals surface area contributed by atoms with Crippen LogP contribution in [0.2, 0.25) is 0 Å². The van der Waals surface area contributed by atoms with Crippen LogP contribution in [0.4, 0.5) is 4.79 Å². The normalized spacial score (nSPS) is 25.2. The highest BCUT2D eigenvalue weighted by Crippen LogP contribution is 2.23. The lowest BCUT2D eigenvalue weighted by molar-refractivity contribution is -0.0881. The number of pyridine rings is 1. The van der Waals surface area contributed by atoms with Crippen LogP contribution in [0.5, 0.6) is 0 Å². The minimum atomic E-state index is -0.123. The van der Waals surface area contributed by atoms with Gasteiger partial charge in [0.25, 0.3) is 0 Å². The molecule has 0 bridgehead atoms. The van der Waals surface area contributed by atoms with Crippen molar-refractivity contribution in [3.63, 3.8) is 0 Å². The molecule has 3 heterocycles. The van der Waals surface area contributed by atoms with Crippen molar-refractivity contribution in [2.45, 2.75) is 37.8 Å². The third-order valence-corrected chi connectivity index (χ3v) is 5.29. The van der Waals surface area contributed by atoms with Gasteiger partial charge in [-0.05, 0) is 31.2 Å². The molecule has 2 fully saturated rings. The number of piperidine rings is 1. The van der Waals surface area contributed by atoms with Crippen LogP contribution in [0.15, 0.2) is 24.5 Å². The van der Waals surface area contributed by atoms with Crippen molar-refractivity contribution in [3.8, 4) is 0 Å². The van der Waals surface area contributed by atoms with E-state index in [4.69, 9.17) is 4.74 Å². The molecule has 0 aliphatic carbocycles. The van der Waals surface area contributed by atoms with Gasteiger partial charge >= 0.3 is 6.03 Å². The quantitative estimate of drug-likeness (QED) is 0.911. The zero-order valence-corrected chi connectivity index (χ0v) is 14.9. The number of nitrogens with one attached hydrogen (secondary N) is 1. The van der Waals surface area contributed by atoms with Crippen LogP contribution in [0.1, 0.15) is 25.8 Å². The standard InChI is InChI=1S/C18H28N4O2/c1-18(2,14-4-7-19-8-5-14)13-20-17(23)22-9-6-16-15(12-22)21(3)10-11-24-16/h4-5,7-8,15-16H,6,9-13H2,1-3H3,(H,20,23)/t15-,16-/m1/s1. The molecule has 2 aliphatic rings. The summed E-state index contributed by atoms with van der Waals surface area (Å²) in [6.45, 7) is 8.11. The molecule has 6 heteroatoms. The monoisotopic (exact) mass is 332 g/mol. The lowest BCUT2D eigenvalue weighted by Crippen LogP contribution is -2.61. The van der Waals surface area contributed by atoms with E-state index in [0.717, 1.165) is 32.7 Å². The minimum Gasteiger partial charge on any atom is -0.375 e. The molecule has 6 nitrogen and oxygen atoms in total. The molecule has 0 spiro atoms. The van der Waals surface area contributed by atoms with Crippen LogP contribution in [-0.2, 0) is 10.2 Å². The number of nitrogens with zero attached hydrogens (tertiary/aromatic N) is 3. The van der Waals surface area contributed by atoms with Crippen LogP contribution >= 0.6 is 0 Å². The van der Waals surface area contributed by atoms with Crippen LogP contribution in [0, 0.1) is 0 Å². The summed E-state index contributed by atoms with van der Waals surface area (Å²) >= 11 is 0. The van der Waals surface area contributed by atoms with Gasteiger partial charge in [0, 0.05) is 44.0 Å². The lowest BCUT2D eigenvalue weighted by Gasteiger charge is -2.45. The molecule has 3 rings (SSSR count). The summed E-state index contributed by atoms with van der Waals surface area (Å²) in [5.74, 6) is 0. The number of rotatable bonds is 3. The Kier molecular flexibility index (Phi) is 5.06. The second-order valence-electron chi connectivity index (χ2n) is 7.47. The Bertz CT molecular complexity index is 563. The third-order valence-electron chi connectivity index (χ3n) is 5.29. The second-order valence-corrected chi connectivity index (χ2v) is 7.47. The Morgan fingerprint density at radius 2 is 2.12 bits per heavy atom. The van der Waals surface area contributed by atoms with Gasteiger partial charge in [-0.25, -0.2) is 4.79 Å². The van der Waals surface area contributed by atoms with Crippen molar-refractivity contribution in [2.24, 2.45) is 0 Å². The molecule has 0 radical (unpaired) electrons. The predicted molar refractivity (Wildman–Crippen MR) is 93.0 cm³/mol. The largest absolute Gasteiger partial charge is 0.375 e. The van der Waals surface area contributed by atoms with E-state index in [9.17, 15) is 4.79 Å². The Hall–Kier alpha value is -1.66. The third kappa shape index (κ3) is 3.70. The summed E-state index contributed by atoms with van der Waals surface area (Å²) in [5.41, 5.74) is 1.05. The molecule has 2 amide bonds. The van der Waals surface area contributed by atoms with Gasteiger partial charge in [-0.2, -0.15) is 0 Å². The van der Waals surface area contributed by atoms with Crippen LogP contribution in [-0.4, -0.2) is 72.8 Å². The van der Waals surface area contributed by atoms with E-state index in [1.54, 1.807) is 12.4 Å². The first-order valence-electron chi connectivity index (χ1n) is 8.72. The zero-order valence-electron chi connectivity index (χ0n) is 14.9. The fraction of sp³-hybridized carbons (Fsp3) is 0.667. The van der Waals surface area contributed by atoms with Gasteiger partial charge in [0.2, 0.25) is 0 Å². The number of hydrogen-bond donors (Lipinski definition) is 1. The molecule has 2 aliphatic heterocycles. The second kappa shape index (κ2) is 7.07. The number of aromatic nitrogens is 1. The van der Waals surface area contributed by atoms with Crippen molar-refractivity contribution in [2.75, 3.05) is 39.8 Å². The summed E-state index contributed by atoms with van der Waals surface area (Å²) in [5, 5.41) is 3.11. The lowest BCUT2D eigenvalue weighted by atomic mass is 9.85. The van der Waals surface area contributed by atoms with Gasteiger partial charge in [0.15, 0.2) is 0 Å². The molecule has 0 aromatic carbocycles. The molecule has 0 saturated carbocycles. The molecule has 0 unspecified atom stereocenters. The number of likely N-dealkylation sites (N-methyl/N-ethyl adjacent to an activating group) is 1. The van der Waals surface area contributed by atoms with Crippen molar-refractivity contribution in [1.29, 1.82) is 0 Å². The SMILES string of the molecule is CN1CCO[C@@H]2CCN(C(=O)NCC(C)(C)c3ccncc3)C[C@H]21. The first-order chi connectivity index (χ1) is 11.5. The number of urea groups is 1. The molecule has 1 aromatic heterocycles. The summed E-state index contributed by atoms with van der Waals surface area (Å²) in [7, 11) is 2.12. The highest BCUT2D eigenvalue weighted by atomic mass is 16.5. The maximum atomic E-state index is 12.6. The Morgan fingerprint density at radius 3 is 2.88 bits per heavy atom. The minimum absolute atomic E-state index is 0.0227. The van der Waals surface area contributed by atoms with E-state index in [1.165, 1.54) is 5.56 Å². The number of carbonyl (C=O) groups is 1. The average Bonchev–Trinajstić information content (AvgIpc) is 2.60. The maximum absolute atomic E-state index is 12.6. The van der Waals surface area contributed by atoms with Crippen LogP contribution < -0.4 is 5.32 Å². The number of ether oxygens (including phenoxy) is 1. The Morgan fingerprint density at radius 1 is 1.38 bits per heavy atom. The molecule has 132 valence electrons. The molecular weight excluding hydrogens is 304 g/mol. The molecule has 2 atom stereocenters. The fourth-order valence-electron chi connectivity index (χ4n) is 3.54. The summed E-state index contributed by atoms with van der Waals surface area (Å²) < 4.78 is 5.85. The summed E-state index contributed by atoms with van der Waals surface area (Å²) in [6.07, 6.45) is 4.77. The van der Waals surface area contributed by atoms with Crippen molar-refractivity contribution >= 4 is 6.03 Å². The van der Waals surface area contributed by atoms with E-state index in [2.05, 4.69) is 36.1 Å². The van der Waals surface area contributed by atoms with E-state index in [0.29, 0.717) is 12.6 Å². The Labute approximate surface area is 144 Å². The molecule has 1 N–H and O–H groups in total. The van der Waals surface area contributed by atoms with Crippen molar-refractivity contribution in [3.05, 3.63) is 30.1 Å². The average molecular weight is 332 g/mol. The Balaban J connectivity index is 1.55. The summed E-state index contributed by atoms with van der Waals surface area (Å²) in [4.78, 5) is 20.9. The first-order valence-corrected chi connectivity index (χ1v) is 8.72. The number of amides is 2. The predicted octanol–water partition coefficient (Wildman–Crippen LogP) is 1.47. The number of likely N-dealkylation sites (tertiary alicyclic amines) is 1. The van der Waals surface area contributed by atoms with Crippen molar-refractivity contribution in [1.82, 2.24) is 20.1 Å². The van der Waals surface area contributed by atoms with Gasteiger partial charge in [0.05, 0.1) is 18.8 Å². The molecule has 24 heavy (non-hydrogen) atoms. The number of carbonyl (C=O) groups excluding carboxylic acids is 1. The van der Waals surface area contributed by atoms with Gasteiger partial charge in [-0.15, -0.1) is 0 Å². The topological polar surface area (TPSA) is 57.7 Å². The van der Waals surface area contributed by atoms with E-state index >= 15 is 0 Å². The van der Waals surface area contributed by atoms with Gasteiger partial charge in [-0.1, -0.05) is 13.8 Å². The first kappa shape index (κ1) is 17.2. The summed E-state index contributed by atoms with van der Waals surface area (Å²) in [6, 6.07) is 4.35. The van der Waals surface area contributed by atoms with E-state index < -0.39 is 0 Å². The van der Waals surface area contributed by atoms with Gasteiger partial charge in [0.1, 0.15) is 0 Å². The van der Waals surface area contributed by atoms with Crippen LogP contribution in [0.25, 0.3) is 0 Å². The maximum Gasteiger partial charge on any atom is 0.317 e. The highest BCUT2D eigenvalue weighted by molar-refractivity contribution is 5.74. The zero-order chi connectivity index (χ0) is 17.2. The highest BCUT2D eigenvalue weighted by Gasteiger charge is 2.37. The molecule has 2 saturated heterocycles. The van der Waals surface area contributed by atoms with Gasteiger partial charge < -0.3 is 15.0 Å². The molecule has 1 aromatic rings. The smallest absolute Gasteiger partial charge is 0.317 e. The fourth-order valence-corrected chi connectivity index (χ4v) is 3.54.